The van der Waals surface area contributed by atoms with Gasteiger partial charge in [-0.2, -0.15) is 0 Å². The summed E-state index contributed by atoms with van der Waals surface area (Å²) in [6, 6.07) is 8.74. The van der Waals surface area contributed by atoms with Gasteiger partial charge in [0.1, 0.15) is 5.76 Å². The molecule has 0 saturated heterocycles. The standard InChI is InChI=1S/C14H15N3O4/c15-13(14(18)16-9-12-2-1-7-21-12)8-10-3-5-11(6-4-10)17(19)20/h1-7,13H,8-9,15H2,(H,16,18)/t13-/m1/s1. The molecule has 2 aromatic rings. The normalized spacial score (nSPS) is 11.9. The fourth-order valence-corrected chi connectivity index (χ4v) is 1.82. The molecule has 3 N–H and O–H groups in total. The number of furan rings is 1. The molecule has 0 aliphatic heterocycles. The summed E-state index contributed by atoms with van der Waals surface area (Å²) in [6.45, 7) is 0.278. The highest BCUT2D eigenvalue weighted by molar-refractivity contribution is 5.81. The Labute approximate surface area is 120 Å². The molecule has 0 aliphatic rings. The lowest BCUT2D eigenvalue weighted by Gasteiger charge is -2.11. The predicted molar refractivity (Wildman–Crippen MR) is 75.3 cm³/mol. The smallest absolute Gasteiger partial charge is 0.269 e. The number of non-ortho nitro benzene ring substituents is 1. The van der Waals surface area contributed by atoms with E-state index in [9.17, 15) is 14.9 Å². The van der Waals surface area contributed by atoms with Crippen LogP contribution in [0.25, 0.3) is 0 Å². The van der Waals surface area contributed by atoms with Gasteiger partial charge in [-0.1, -0.05) is 12.1 Å². The van der Waals surface area contributed by atoms with Gasteiger partial charge in [-0.3, -0.25) is 14.9 Å². The summed E-state index contributed by atoms with van der Waals surface area (Å²) >= 11 is 0. The molecular formula is C14H15N3O4. The van der Waals surface area contributed by atoms with Gasteiger partial charge in [0.2, 0.25) is 5.91 Å². The molecule has 1 heterocycles. The molecular weight excluding hydrogens is 274 g/mol. The number of benzene rings is 1. The van der Waals surface area contributed by atoms with Gasteiger partial charge in [0.25, 0.3) is 5.69 Å². The summed E-state index contributed by atoms with van der Waals surface area (Å²) in [5.74, 6) is 0.343. The number of carbonyl (C=O) groups is 1. The van der Waals surface area contributed by atoms with E-state index in [2.05, 4.69) is 5.32 Å². The topological polar surface area (TPSA) is 111 Å². The number of amides is 1. The zero-order valence-corrected chi connectivity index (χ0v) is 11.2. The van der Waals surface area contributed by atoms with Crippen molar-refractivity contribution in [3.8, 4) is 0 Å². The number of nitro benzene ring substituents is 1. The molecule has 0 bridgehead atoms. The first-order chi connectivity index (χ1) is 10.1. The van der Waals surface area contributed by atoms with Crippen LogP contribution in [0.2, 0.25) is 0 Å². The fourth-order valence-electron chi connectivity index (χ4n) is 1.82. The SMILES string of the molecule is N[C@H](Cc1ccc([N+](=O)[O-])cc1)C(=O)NCc1ccco1. The van der Waals surface area contributed by atoms with Crippen molar-refractivity contribution in [1.29, 1.82) is 0 Å². The number of carbonyl (C=O) groups excluding carboxylic acids is 1. The summed E-state index contributed by atoms with van der Waals surface area (Å²) < 4.78 is 5.10. The molecule has 1 aromatic carbocycles. The highest BCUT2D eigenvalue weighted by Crippen LogP contribution is 2.13. The van der Waals surface area contributed by atoms with E-state index in [0.717, 1.165) is 5.56 Å². The maximum absolute atomic E-state index is 11.8. The van der Waals surface area contributed by atoms with Gasteiger partial charge in [-0.25, -0.2) is 0 Å². The molecule has 0 unspecified atom stereocenters. The number of nitrogens with two attached hydrogens (primary N) is 1. The molecule has 0 aliphatic carbocycles. The summed E-state index contributed by atoms with van der Waals surface area (Å²) in [5.41, 5.74) is 6.58. The first-order valence-corrected chi connectivity index (χ1v) is 6.35. The summed E-state index contributed by atoms with van der Waals surface area (Å²) in [7, 11) is 0. The van der Waals surface area contributed by atoms with Crippen molar-refractivity contribution in [2.75, 3.05) is 0 Å². The second kappa shape index (κ2) is 6.67. The summed E-state index contributed by atoms with van der Waals surface area (Å²) in [5, 5.41) is 13.2. The van der Waals surface area contributed by atoms with Crippen molar-refractivity contribution in [2.45, 2.75) is 19.0 Å². The van der Waals surface area contributed by atoms with Gasteiger partial charge in [0.15, 0.2) is 0 Å². The van der Waals surface area contributed by atoms with Gasteiger partial charge in [-0.05, 0) is 24.1 Å². The maximum atomic E-state index is 11.8. The Morgan fingerprint density at radius 2 is 2.05 bits per heavy atom. The monoisotopic (exact) mass is 289 g/mol. The molecule has 1 amide bonds. The number of hydrogen-bond acceptors (Lipinski definition) is 5. The van der Waals surface area contributed by atoms with Crippen LogP contribution in [0.15, 0.2) is 47.1 Å². The van der Waals surface area contributed by atoms with Crippen LogP contribution < -0.4 is 11.1 Å². The third-order valence-electron chi connectivity index (χ3n) is 2.96. The van der Waals surface area contributed by atoms with Crippen LogP contribution in [0, 0.1) is 10.1 Å². The van der Waals surface area contributed by atoms with Gasteiger partial charge in [0.05, 0.1) is 23.8 Å². The Kier molecular flexibility index (Phi) is 4.68. The number of nitro groups is 1. The maximum Gasteiger partial charge on any atom is 0.269 e. The average Bonchev–Trinajstić information content (AvgIpc) is 2.98. The molecule has 2 rings (SSSR count). The van der Waals surface area contributed by atoms with E-state index in [1.165, 1.54) is 18.4 Å². The second-order valence-corrected chi connectivity index (χ2v) is 4.53. The number of rotatable bonds is 6. The van der Waals surface area contributed by atoms with Crippen molar-refractivity contribution in [2.24, 2.45) is 5.73 Å². The summed E-state index contributed by atoms with van der Waals surface area (Å²) in [6.07, 6.45) is 1.83. The van der Waals surface area contributed by atoms with Gasteiger partial charge in [0, 0.05) is 12.1 Å². The van der Waals surface area contributed by atoms with E-state index in [1.54, 1.807) is 24.3 Å². The quantitative estimate of drug-likeness (QED) is 0.616. The molecule has 7 heteroatoms. The van der Waals surface area contributed by atoms with E-state index >= 15 is 0 Å². The van der Waals surface area contributed by atoms with E-state index < -0.39 is 11.0 Å². The largest absolute Gasteiger partial charge is 0.467 e. The Morgan fingerprint density at radius 3 is 2.62 bits per heavy atom. The molecule has 110 valence electrons. The van der Waals surface area contributed by atoms with Gasteiger partial charge in [-0.15, -0.1) is 0 Å². The van der Waals surface area contributed by atoms with Crippen LogP contribution in [0.1, 0.15) is 11.3 Å². The summed E-state index contributed by atoms with van der Waals surface area (Å²) in [4.78, 5) is 21.9. The number of nitrogens with one attached hydrogen (secondary N) is 1. The van der Waals surface area contributed by atoms with E-state index in [-0.39, 0.29) is 18.1 Å². The van der Waals surface area contributed by atoms with Crippen molar-refractivity contribution in [3.63, 3.8) is 0 Å². The van der Waals surface area contributed by atoms with E-state index in [4.69, 9.17) is 10.2 Å². The Bertz CT molecular complexity index is 608. The molecule has 0 fully saturated rings. The van der Waals surface area contributed by atoms with Crippen LogP contribution in [0.5, 0.6) is 0 Å². The molecule has 21 heavy (non-hydrogen) atoms. The lowest BCUT2D eigenvalue weighted by atomic mass is 10.1. The van der Waals surface area contributed by atoms with Crippen LogP contribution in [0.3, 0.4) is 0 Å². The Balaban J connectivity index is 1.86. The van der Waals surface area contributed by atoms with E-state index in [1.807, 2.05) is 0 Å². The van der Waals surface area contributed by atoms with Crippen LogP contribution >= 0.6 is 0 Å². The van der Waals surface area contributed by atoms with Crippen LogP contribution in [-0.2, 0) is 17.8 Å². The minimum absolute atomic E-state index is 0.00888. The van der Waals surface area contributed by atoms with Crippen molar-refractivity contribution < 1.29 is 14.1 Å². The minimum Gasteiger partial charge on any atom is -0.467 e. The third kappa shape index (κ3) is 4.15. The van der Waals surface area contributed by atoms with Crippen molar-refractivity contribution in [3.05, 3.63) is 64.1 Å². The number of nitrogens with zero attached hydrogens (tertiary/aromatic N) is 1. The van der Waals surface area contributed by atoms with Crippen molar-refractivity contribution in [1.82, 2.24) is 5.32 Å². The lowest BCUT2D eigenvalue weighted by molar-refractivity contribution is -0.384. The highest BCUT2D eigenvalue weighted by Gasteiger charge is 2.15. The molecule has 1 aromatic heterocycles. The van der Waals surface area contributed by atoms with Gasteiger partial charge >= 0.3 is 0 Å². The van der Waals surface area contributed by atoms with Crippen LogP contribution in [0.4, 0.5) is 5.69 Å². The lowest BCUT2D eigenvalue weighted by Crippen LogP contribution is -2.41. The molecule has 0 spiro atoms. The Hall–Kier alpha value is -2.67. The van der Waals surface area contributed by atoms with Crippen molar-refractivity contribution >= 4 is 11.6 Å². The molecule has 7 nitrogen and oxygen atoms in total. The number of hydrogen-bond donors (Lipinski definition) is 2. The first kappa shape index (κ1) is 14.7. The van der Waals surface area contributed by atoms with Crippen LogP contribution in [-0.4, -0.2) is 16.9 Å². The van der Waals surface area contributed by atoms with E-state index in [0.29, 0.717) is 12.2 Å². The fraction of sp³-hybridized carbons (Fsp3) is 0.214. The van der Waals surface area contributed by atoms with Gasteiger partial charge < -0.3 is 15.5 Å². The molecule has 0 radical (unpaired) electrons. The molecule has 0 saturated carbocycles. The average molecular weight is 289 g/mol. The third-order valence-corrected chi connectivity index (χ3v) is 2.96. The molecule has 1 atom stereocenters. The Morgan fingerprint density at radius 1 is 1.33 bits per heavy atom. The predicted octanol–water partition coefficient (Wildman–Crippen LogP) is 1.37. The zero-order chi connectivity index (χ0) is 15.2. The second-order valence-electron chi connectivity index (χ2n) is 4.53. The zero-order valence-electron chi connectivity index (χ0n) is 11.2. The highest BCUT2D eigenvalue weighted by atomic mass is 16.6. The first-order valence-electron chi connectivity index (χ1n) is 6.35. The minimum atomic E-state index is -0.721.